The lowest BCUT2D eigenvalue weighted by atomic mass is 10.2. The molecule has 114 valence electrons. The van der Waals surface area contributed by atoms with Crippen LogP contribution >= 0.6 is 15.9 Å². The van der Waals surface area contributed by atoms with Crippen LogP contribution in [0.1, 0.15) is 32.9 Å². The van der Waals surface area contributed by atoms with E-state index in [1.807, 2.05) is 0 Å². The molecule has 1 aromatic carbocycles. The average molecular weight is 366 g/mol. The van der Waals surface area contributed by atoms with Crippen LogP contribution in [0.3, 0.4) is 0 Å². The van der Waals surface area contributed by atoms with Crippen molar-refractivity contribution in [3.63, 3.8) is 0 Å². The van der Waals surface area contributed by atoms with E-state index in [0.717, 1.165) is 16.8 Å². The minimum absolute atomic E-state index is 0.219. The van der Waals surface area contributed by atoms with Crippen molar-refractivity contribution in [3.05, 3.63) is 28.4 Å². The zero-order valence-corrected chi connectivity index (χ0v) is 16.2. The number of rotatable bonds is 2. The molecule has 0 radical (unpaired) electrons. The summed E-state index contributed by atoms with van der Waals surface area (Å²) in [6.45, 7) is 12.6. The fourth-order valence-corrected chi connectivity index (χ4v) is 4.46. The molecule has 0 amide bonds. The van der Waals surface area contributed by atoms with Crippen LogP contribution in [-0.4, -0.2) is 12.9 Å². The lowest BCUT2D eigenvalue weighted by molar-refractivity contribution is 0.492. The van der Waals surface area contributed by atoms with Gasteiger partial charge >= 0.3 is 0 Å². The summed E-state index contributed by atoms with van der Waals surface area (Å²) >= 11 is 3.75. The highest BCUT2D eigenvalue weighted by molar-refractivity contribution is 9.10. The Hall–Kier alpha value is -0.743. The van der Waals surface area contributed by atoms with Gasteiger partial charge in [0.05, 0.1) is 5.52 Å². The summed E-state index contributed by atoms with van der Waals surface area (Å²) in [6.07, 6.45) is 2.46. The molecule has 2 heterocycles. The first-order valence-corrected chi connectivity index (χ1v) is 11.4. The molecule has 0 bridgehead atoms. The zero-order chi connectivity index (χ0) is 15.4. The summed E-state index contributed by atoms with van der Waals surface area (Å²) in [6, 6.07) is 6.69. The second kappa shape index (κ2) is 4.88. The second-order valence-corrected chi connectivity index (χ2v) is 13.2. The fourth-order valence-electron chi connectivity index (χ4n) is 2.78. The summed E-state index contributed by atoms with van der Waals surface area (Å²) in [7, 11) is -1.78. The van der Waals surface area contributed by atoms with Crippen molar-refractivity contribution in [1.29, 1.82) is 0 Å². The van der Waals surface area contributed by atoms with Gasteiger partial charge in [0, 0.05) is 22.1 Å². The van der Waals surface area contributed by atoms with Gasteiger partial charge < -0.3 is 8.99 Å². The number of hydrogen-bond donors (Lipinski definition) is 0. The van der Waals surface area contributed by atoms with Crippen LogP contribution < -0.4 is 4.43 Å². The van der Waals surface area contributed by atoms with E-state index in [0.29, 0.717) is 0 Å². The summed E-state index contributed by atoms with van der Waals surface area (Å²) in [5.74, 6) is 1.00. The van der Waals surface area contributed by atoms with Crippen molar-refractivity contribution in [3.8, 4) is 5.75 Å². The maximum absolute atomic E-state index is 6.46. The van der Waals surface area contributed by atoms with Crippen LogP contribution in [0.25, 0.3) is 10.9 Å². The molecule has 0 saturated carbocycles. The molecular formula is C17H24BrNOSi. The SMILES string of the molecule is CC(C)(C)[Si](C)(C)Oc1cc(Br)c2c(c1)cc1n2CCC1. The Morgan fingerprint density at radius 3 is 2.57 bits per heavy atom. The third-order valence-electron chi connectivity index (χ3n) is 5.00. The quantitative estimate of drug-likeness (QED) is 0.619. The fraction of sp³-hybridized carbons (Fsp3) is 0.529. The molecule has 0 spiro atoms. The zero-order valence-electron chi connectivity index (χ0n) is 13.6. The van der Waals surface area contributed by atoms with Crippen molar-refractivity contribution in [1.82, 2.24) is 4.57 Å². The Bertz CT molecular complexity index is 697. The number of aromatic nitrogens is 1. The molecular weight excluding hydrogens is 342 g/mol. The lowest BCUT2D eigenvalue weighted by Crippen LogP contribution is -2.43. The van der Waals surface area contributed by atoms with Crippen molar-refractivity contribution in [2.24, 2.45) is 0 Å². The Balaban J connectivity index is 2.02. The van der Waals surface area contributed by atoms with E-state index in [9.17, 15) is 0 Å². The summed E-state index contributed by atoms with van der Waals surface area (Å²) in [5, 5.41) is 1.52. The van der Waals surface area contributed by atoms with E-state index in [2.05, 4.69) is 72.6 Å². The maximum atomic E-state index is 6.46. The molecule has 21 heavy (non-hydrogen) atoms. The standard InChI is InChI=1S/C17H24BrNOSi/c1-17(2,3)21(4,5)20-14-10-12-9-13-7-6-8-19(13)16(12)15(18)11-14/h9-11H,6-8H2,1-5H3. The van der Waals surface area contributed by atoms with Gasteiger partial charge in [-0.05, 0) is 65.1 Å². The summed E-state index contributed by atoms with van der Waals surface area (Å²) in [4.78, 5) is 0. The third-order valence-corrected chi connectivity index (χ3v) is 9.96. The van der Waals surface area contributed by atoms with Crippen molar-refractivity contribution >= 4 is 35.2 Å². The Morgan fingerprint density at radius 2 is 1.90 bits per heavy atom. The van der Waals surface area contributed by atoms with Gasteiger partial charge in [0.2, 0.25) is 8.32 Å². The molecule has 2 nitrogen and oxygen atoms in total. The molecule has 3 rings (SSSR count). The van der Waals surface area contributed by atoms with Gasteiger partial charge in [-0.1, -0.05) is 20.8 Å². The van der Waals surface area contributed by atoms with Gasteiger partial charge in [0.15, 0.2) is 0 Å². The minimum Gasteiger partial charge on any atom is -0.543 e. The van der Waals surface area contributed by atoms with Crippen LogP contribution in [0, 0.1) is 0 Å². The van der Waals surface area contributed by atoms with Crippen molar-refractivity contribution in [2.45, 2.75) is 58.3 Å². The number of halogens is 1. The molecule has 1 aliphatic rings. The number of benzene rings is 1. The molecule has 1 aliphatic heterocycles. The first-order chi connectivity index (χ1) is 9.69. The molecule has 0 atom stereocenters. The first kappa shape index (κ1) is 15.2. The molecule has 0 saturated heterocycles. The van der Waals surface area contributed by atoms with Crippen LogP contribution in [-0.2, 0) is 13.0 Å². The summed E-state index contributed by atoms with van der Waals surface area (Å²) in [5.41, 5.74) is 2.78. The molecule has 2 aromatic rings. The van der Waals surface area contributed by atoms with Crippen LogP contribution in [0.2, 0.25) is 18.1 Å². The summed E-state index contributed by atoms with van der Waals surface area (Å²) < 4.78 is 10.1. The number of nitrogens with zero attached hydrogens (tertiary/aromatic N) is 1. The highest BCUT2D eigenvalue weighted by atomic mass is 79.9. The molecule has 0 unspecified atom stereocenters. The van der Waals surface area contributed by atoms with Gasteiger partial charge in [-0.15, -0.1) is 0 Å². The normalized spacial score (nSPS) is 15.5. The van der Waals surface area contributed by atoms with Crippen LogP contribution in [0.15, 0.2) is 22.7 Å². The highest BCUT2D eigenvalue weighted by Crippen LogP contribution is 2.40. The van der Waals surface area contributed by atoms with E-state index in [1.54, 1.807) is 0 Å². The molecule has 0 aliphatic carbocycles. The van der Waals surface area contributed by atoms with Gasteiger partial charge in [0.1, 0.15) is 5.75 Å². The largest absolute Gasteiger partial charge is 0.543 e. The van der Waals surface area contributed by atoms with E-state index in [4.69, 9.17) is 4.43 Å². The van der Waals surface area contributed by atoms with Crippen LogP contribution in [0.5, 0.6) is 5.75 Å². The van der Waals surface area contributed by atoms with E-state index in [1.165, 1.54) is 29.4 Å². The smallest absolute Gasteiger partial charge is 0.250 e. The molecule has 1 aromatic heterocycles. The van der Waals surface area contributed by atoms with Crippen molar-refractivity contribution < 1.29 is 4.43 Å². The number of hydrogen-bond acceptors (Lipinski definition) is 1. The van der Waals surface area contributed by atoms with Crippen molar-refractivity contribution in [2.75, 3.05) is 0 Å². The Kier molecular flexibility index (Phi) is 3.53. The minimum atomic E-state index is -1.78. The molecule has 0 N–H and O–H groups in total. The Morgan fingerprint density at radius 1 is 1.19 bits per heavy atom. The lowest BCUT2D eigenvalue weighted by Gasteiger charge is -2.36. The predicted molar refractivity (Wildman–Crippen MR) is 95.8 cm³/mol. The van der Waals surface area contributed by atoms with Gasteiger partial charge in [0.25, 0.3) is 0 Å². The van der Waals surface area contributed by atoms with Gasteiger partial charge in [-0.2, -0.15) is 0 Å². The van der Waals surface area contributed by atoms with E-state index < -0.39 is 8.32 Å². The van der Waals surface area contributed by atoms with E-state index >= 15 is 0 Å². The van der Waals surface area contributed by atoms with Gasteiger partial charge in [-0.3, -0.25) is 0 Å². The number of aryl methyl sites for hydroxylation is 2. The molecule has 0 fully saturated rings. The van der Waals surface area contributed by atoms with E-state index in [-0.39, 0.29) is 5.04 Å². The topological polar surface area (TPSA) is 14.2 Å². The maximum Gasteiger partial charge on any atom is 0.250 e. The Labute approximate surface area is 136 Å². The average Bonchev–Trinajstić information content (AvgIpc) is 2.85. The third kappa shape index (κ3) is 2.57. The highest BCUT2D eigenvalue weighted by Gasteiger charge is 2.39. The monoisotopic (exact) mass is 365 g/mol. The van der Waals surface area contributed by atoms with Crippen LogP contribution in [0.4, 0.5) is 0 Å². The number of fused-ring (bicyclic) bond motifs is 3. The predicted octanol–water partition coefficient (Wildman–Crippen LogP) is 5.73. The molecule has 4 heteroatoms. The van der Waals surface area contributed by atoms with Gasteiger partial charge in [-0.25, -0.2) is 0 Å². The second-order valence-electron chi connectivity index (χ2n) is 7.60. The first-order valence-electron chi connectivity index (χ1n) is 7.70.